The highest BCUT2D eigenvalue weighted by Crippen LogP contribution is 2.25. The van der Waals surface area contributed by atoms with E-state index in [0.29, 0.717) is 12.1 Å². The molecule has 0 amide bonds. The fourth-order valence-electron chi connectivity index (χ4n) is 0.864. The normalized spacial score (nSPS) is 13.0. The van der Waals surface area contributed by atoms with Crippen LogP contribution in [0.3, 0.4) is 0 Å². The third-order valence-corrected chi connectivity index (χ3v) is 2.61. The van der Waals surface area contributed by atoms with Crippen molar-refractivity contribution >= 4 is 31.9 Å². The van der Waals surface area contributed by atoms with Crippen molar-refractivity contribution in [3.05, 3.63) is 26.9 Å². The molecule has 0 radical (unpaired) electrons. The molecule has 1 N–H and O–H groups in total. The molecule has 1 aromatic heterocycles. The summed E-state index contributed by atoms with van der Waals surface area (Å²) in [5.74, 6) is 0. The van der Waals surface area contributed by atoms with Gasteiger partial charge in [0.15, 0.2) is 0 Å². The van der Waals surface area contributed by atoms with Crippen LogP contribution in [0.15, 0.2) is 21.2 Å². The number of pyridine rings is 1. The minimum atomic E-state index is -0.479. The molecule has 0 aliphatic rings. The number of aromatic nitrogens is 1. The Hall–Kier alpha value is 0.0700. The van der Waals surface area contributed by atoms with E-state index in [1.165, 1.54) is 0 Å². The largest absolute Gasteiger partial charge is 0.387 e. The number of nitrogens with zero attached hydrogens (tertiary/aromatic N) is 1. The Balaban J connectivity index is 3.01. The lowest BCUT2D eigenvalue weighted by Gasteiger charge is -2.08. The van der Waals surface area contributed by atoms with Gasteiger partial charge in [0.05, 0.1) is 11.8 Å². The van der Waals surface area contributed by atoms with Crippen molar-refractivity contribution in [2.24, 2.45) is 0 Å². The minimum absolute atomic E-state index is 0.479. The third kappa shape index (κ3) is 2.28. The van der Waals surface area contributed by atoms with Crippen LogP contribution in [0.5, 0.6) is 0 Å². The molecule has 2 nitrogen and oxygen atoms in total. The number of hydrogen-bond donors (Lipinski definition) is 1. The van der Waals surface area contributed by atoms with E-state index in [4.69, 9.17) is 0 Å². The van der Waals surface area contributed by atoms with Crippen LogP contribution < -0.4 is 0 Å². The van der Waals surface area contributed by atoms with Gasteiger partial charge in [0.1, 0.15) is 0 Å². The number of aliphatic hydroxyl groups excluding tert-OH is 1. The molecule has 0 aliphatic carbocycles. The maximum atomic E-state index is 9.49. The summed E-state index contributed by atoms with van der Waals surface area (Å²) in [6, 6.07) is 1.88. The van der Waals surface area contributed by atoms with E-state index in [0.717, 1.165) is 8.95 Å². The molecule has 0 saturated carbocycles. The summed E-state index contributed by atoms with van der Waals surface area (Å²) in [7, 11) is 0. The fraction of sp³-hybridized carbons (Fsp3) is 0.375. The summed E-state index contributed by atoms with van der Waals surface area (Å²) in [6.45, 7) is 1.92. The van der Waals surface area contributed by atoms with E-state index in [1.807, 2.05) is 13.0 Å². The summed E-state index contributed by atoms with van der Waals surface area (Å²) in [6.07, 6.45) is 1.87. The van der Waals surface area contributed by atoms with Crippen molar-refractivity contribution in [1.82, 2.24) is 4.98 Å². The summed E-state index contributed by atoms with van der Waals surface area (Å²) in [5, 5.41) is 9.49. The van der Waals surface area contributed by atoms with Crippen LogP contribution in [0.4, 0.5) is 0 Å². The molecule has 0 aliphatic heterocycles. The van der Waals surface area contributed by atoms with Gasteiger partial charge in [-0.3, -0.25) is 4.98 Å². The third-order valence-electron chi connectivity index (χ3n) is 1.54. The number of hydrogen-bond acceptors (Lipinski definition) is 2. The second-order valence-corrected chi connectivity index (χ2v) is 4.21. The zero-order valence-corrected chi connectivity index (χ0v) is 9.76. The van der Waals surface area contributed by atoms with E-state index in [2.05, 4.69) is 36.8 Å². The molecule has 1 unspecified atom stereocenters. The number of aliphatic hydroxyl groups is 1. The average molecular weight is 295 g/mol. The molecule has 1 atom stereocenters. The van der Waals surface area contributed by atoms with Crippen LogP contribution in [0.1, 0.15) is 25.1 Å². The topological polar surface area (TPSA) is 33.1 Å². The molecule has 4 heteroatoms. The van der Waals surface area contributed by atoms with E-state index in [1.54, 1.807) is 6.20 Å². The first-order valence-corrected chi connectivity index (χ1v) is 5.22. The Labute approximate surface area is 88.3 Å². The Bertz CT molecular complexity index is 278. The molecule has 1 aromatic rings. The highest BCUT2D eigenvalue weighted by Gasteiger charge is 2.10. The summed E-state index contributed by atoms with van der Waals surface area (Å²) in [5.41, 5.74) is 0.695. The summed E-state index contributed by atoms with van der Waals surface area (Å²) < 4.78 is 1.74. The molecular formula is C8H9Br2NO. The predicted octanol–water partition coefficient (Wildman–Crippen LogP) is 3.05. The van der Waals surface area contributed by atoms with Crippen LogP contribution in [0.2, 0.25) is 0 Å². The molecule has 66 valence electrons. The first-order valence-electron chi connectivity index (χ1n) is 3.64. The zero-order chi connectivity index (χ0) is 9.14. The summed E-state index contributed by atoms with van der Waals surface area (Å²) >= 11 is 6.63. The molecule has 0 saturated heterocycles. The van der Waals surface area contributed by atoms with Gasteiger partial charge in [0.25, 0.3) is 0 Å². The van der Waals surface area contributed by atoms with Crippen LogP contribution in [0.25, 0.3) is 0 Å². The van der Waals surface area contributed by atoms with Crippen molar-refractivity contribution in [3.8, 4) is 0 Å². The highest BCUT2D eigenvalue weighted by atomic mass is 79.9. The molecule has 0 fully saturated rings. The van der Waals surface area contributed by atoms with Gasteiger partial charge >= 0.3 is 0 Å². The SMILES string of the molecule is CCC(O)c1ncc(Br)cc1Br. The Kier molecular flexibility index (Phi) is 3.68. The average Bonchev–Trinajstić information content (AvgIpc) is 2.03. The first-order chi connectivity index (χ1) is 5.65. The van der Waals surface area contributed by atoms with Crippen molar-refractivity contribution < 1.29 is 5.11 Å². The van der Waals surface area contributed by atoms with Crippen LogP contribution in [-0.2, 0) is 0 Å². The standard InChI is InChI=1S/C8H9Br2NO/c1-2-7(12)8-6(10)3-5(9)4-11-8/h3-4,7,12H,2H2,1H3. The monoisotopic (exact) mass is 293 g/mol. The molecule has 12 heavy (non-hydrogen) atoms. The molecule has 1 heterocycles. The fourth-order valence-corrected chi connectivity index (χ4v) is 2.12. The summed E-state index contributed by atoms with van der Waals surface area (Å²) in [4.78, 5) is 4.10. The van der Waals surface area contributed by atoms with E-state index < -0.39 is 6.10 Å². The molecule has 0 aromatic carbocycles. The minimum Gasteiger partial charge on any atom is -0.387 e. The second-order valence-electron chi connectivity index (χ2n) is 2.44. The van der Waals surface area contributed by atoms with Crippen LogP contribution >= 0.6 is 31.9 Å². The van der Waals surface area contributed by atoms with Crippen LogP contribution in [0, 0.1) is 0 Å². The van der Waals surface area contributed by atoms with Crippen molar-refractivity contribution in [2.45, 2.75) is 19.4 Å². The highest BCUT2D eigenvalue weighted by molar-refractivity contribution is 9.11. The van der Waals surface area contributed by atoms with Gasteiger partial charge in [-0.1, -0.05) is 6.92 Å². The Morgan fingerprint density at radius 3 is 2.75 bits per heavy atom. The Morgan fingerprint density at radius 2 is 2.25 bits per heavy atom. The van der Waals surface area contributed by atoms with Gasteiger partial charge in [-0.2, -0.15) is 0 Å². The maximum absolute atomic E-state index is 9.49. The Morgan fingerprint density at radius 1 is 1.58 bits per heavy atom. The van der Waals surface area contributed by atoms with E-state index in [9.17, 15) is 5.11 Å². The molecule has 0 bridgehead atoms. The molecular weight excluding hydrogens is 286 g/mol. The number of rotatable bonds is 2. The van der Waals surface area contributed by atoms with Gasteiger partial charge in [-0.25, -0.2) is 0 Å². The van der Waals surface area contributed by atoms with Crippen molar-refractivity contribution in [3.63, 3.8) is 0 Å². The zero-order valence-electron chi connectivity index (χ0n) is 6.59. The lowest BCUT2D eigenvalue weighted by atomic mass is 10.2. The first kappa shape index (κ1) is 10.2. The van der Waals surface area contributed by atoms with Gasteiger partial charge in [0.2, 0.25) is 0 Å². The predicted molar refractivity (Wildman–Crippen MR) is 54.9 cm³/mol. The second kappa shape index (κ2) is 4.35. The van der Waals surface area contributed by atoms with Gasteiger partial charge < -0.3 is 5.11 Å². The molecule has 1 rings (SSSR count). The van der Waals surface area contributed by atoms with Crippen molar-refractivity contribution in [2.75, 3.05) is 0 Å². The van der Waals surface area contributed by atoms with E-state index >= 15 is 0 Å². The molecule has 0 spiro atoms. The van der Waals surface area contributed by atoms with E-state index in [-0.39, 0.29) is 0 Å². The van der Waals surface area contributed by atoms with Gasteiger partial charge in [-0.15, -0.1) is 0 Å². The van der Waals surface area contributed by atoms with Crippen molar-refractivity contribution in [1.29, 1.82) is 0 Å². The van der Waals surface area contributed by atoms with Crippen LogP contribution in [-0.4, -0.2) is 10.1 Å². The lowest BCUT2D eigenvalue weighted by Crippen LogP contribution is -1.99. The lowest BCUT2D eigenvalue weighted by molar-refractivity contribution is 0.168. The number of halogens is 2. The van der Waals surface area contributed by atoms with Gasteiger partial charge in [0, 0.05) is 15.1 Å². The maximum Gasteiger partial charge on any atom is 0.0968 e. The quantitative estimate of drug-likeness (QED) is 0.909. The smallest absolute Gasteiger partial charge is 0.0968 e. The van der Waals surface area contributed by atoms with Gasteiger partial charge in [-0.05, 0) is 44.3 Å².